The fraction of sp³-hybridized carbons (Fsp3) is 1.00. The number of nitrogens with zero attached hydrogens (tertiary/aromatic N) is 1. The Hall–Kier alpha value is -0.0400. The van der Waals surface area contributed by atoms with Crippen molar-refractivity contribution in [3.05, 3.63) is 0 Å². The zero-order valence-electron chi connectivity index (χ0n) is 7.93. The summed E-state index contributed by atoms with van der Waals surface area (Å²) in [5, 5.41) is 0. The molecule has 0 aromatic carbocycles. The summed E-state index contributed by atoms with van der Waals surface area (Å²) in [5.41, 5.74) is 0.580. The van der Waals surface area contributed by atoms with Crippen molar-refractivity contribution in [1.82, 2.24) is 4.90 Å². The van der Waals surface area contributed by atoms with Gasteiger partial charge in [0.2, 0.25) is 0 Å². The fourth-order valence-corrected chi connectivity index (χ4v) is 2.80. The first kappa shape index (κ1) is 7.60. The van der Waals surface area contributed by atoms with Crippen LogP contribution in [0.15, 0.2) is 0 Å². The van der Waals surface area contributed by atoms with Gasteiger partial charge in [-0.25, -0.2) is 0 Å². The van der Waals surface area contributed by atoms with E-state index in [2.05, 4.69) is 25.7 Å². The van der Waals surface area contributed by atoms with Gasteiger partial charge in [-0.2, -0.15) is 0 Å². The maximum Gasteiger partial charge on any atom is 0.0150 e. The highest BCUT2D eigenvalue weighted by atomic mass is 15.2. The third-order valence-electron chi connectivity index (χ3n) is 4.00. The molecule has 2 aliphatic rings. The third-order valence-corrected chi connectivity index (χ3v) is 4.00. The first-order valence-electron chi connectivity index (χ1n) is 4.86. The molecular weight excluding hydrogens is 134 g/mol. The summed E-state index contributed by atoms with van der Waals surface area (Å²) in [6.45, 7) is 9.98. The van der Waals surface area contributed by atoms with Crippen LogP contribution in [0.4, 0.5) is 0 Å². The van der Waals surface area contributed by atoms with Crippen LogP contribution in [0.5, 0.6) is 0 Å². The minimum Gasteiger partial charge on any atom is -0.300 e. The van der Waals surface area contributed by atoms with Gasteiger partial charge in [-0.3, -0.25) is 4.90 Å². The van der Waals surface area contributed by atoms with Crippen molar-refractivity contribution in [3.8, 4) is 0 Å². The van der Waals surface area contributed by atoms with Crippen molar-refractivity contribution in [2.24, 2.45) is 11.3 Å². The summed E-state index contributed by atoms with van der Waals surface area (Å²) in [4.78, 5) is 2.69. The van der Waals surface area contributed by atoms with Crippen LogP contribution in [0.1, 0.15) is 33.6 Å². The Balaban J connectivity index is 2.20. The molecule has 2 heterocycles. The SMILES string of the molecule is C[C@@H]1CN2CCC[C@@H]2C1(C)C. The summed E-state index contributed by atoms with van der Waals surface area (Å²) in [6, 6.07) is 0.900. The van der Waals surface area contributed by atoms with Gasteiger partial charge in [-0.05, 0) is 30.7 Å². The van der Waals surface area contributed by atoms with Crippen molar-refractivity contribution in [3.63, 3.8) is 0 Å². The Bertz CT molecular complexity index is 162. The molecule has 0 spiro atoms. The molecule has 0 bridgehead atoms. The second-order valence-corrected chi connectivity index (χ2v) is 4.88. The second kappa shape index (κ2) is 2.22. The Labute approximate surface area is 69.8 Å². The number of hydrogen-bond acceptors (Lipinski definition) is 1. The van der Waals surface area contributed by atoms with Crippen LogP contribution in [0.2, 0.25) is 0 Å². The van der Waals surface area contributed by atoms with E-state index in [1.165, 1.54) is 25.9 Å². The first-order valence-corrected chi connectivity index (χ1v) is 4.86. The molecule has 1 heteroatoms. The van der Waals surface area contributed by atoms with Crippen LogP contribution >= 0.6 is 0 Å². The van der Waals surface area contributed by atoms with Crippen molar-refractivity contribution >= 4 is 0 Å². The largest absolute Gasteiger partial charge is 0.300 e. The van der Waals surface area contributed by atoms with E-state index in [-0.39, 0.29) is 0 Å². The molecule has 2 aliphatic heterocycles. The summed E-state index contributed by atoms with van der Waals surface area (Å²) < 4.78 is 0. The van der Waals surface area contributed by atoms with Crippen LogP contribution < -0.4 is 0 Å². The zero-order chi connectivity index (χ0) is 8.06. The van der Waals surface area contributed by atoms with Crippen LogP contribution in [0.3, 0.4) is 0 Å². The van der Waals surface area contributed by atoms with Crippen molar-refractivity contribution in [1.29, 1.82) is 0 Å². The average Bonchev–Trinajstić information content (AvgIpc) is 2.41. The zero-order valence-corrected chi connectivity index (χ0v) is 7.93. The molecule has 0 saturated carbocycles. The minimum atomic E-state index is 0.580. The smallest absolute Gasteiger partial charge is 0.0150 e. The molecular formula is C10H19N. The van der Waals surface area contributed by atoms with Crippen LogP contribution in [0, 0.1) is 11.3 Å². The maximum absolute atomic E-state index is 2.69. The molecule has 0 radical (unpaired) electrons. The highest BCUT2D eigenvalue weighted by Gasteiger charge is 2.47. The molecule has 0 unspecified atom stereocenters. The highest BCUT2D eigenvalue weighted by molar-refractivity contribution is 5.00. The van der Waals surface area contributed by atoms with Gasteiger partial charge in [0.25, 0.3) is 0 Å². The predicted molar refractivity (Wildman–Crippen MR) is 47.5 cm³/mol. The number of fused-ring (bicyclic) bond motifs is 1. The van der Waals surface area contributed by atoms with E-state index < -0.39 is 0 Å². The predicted octanol–water partition coefficient (Wildman–Crippen LogP) is 2.13. The quantitative estimate of drug-likeness (QED) is 0.515. The summed E-state index contributed by atoms with van der Waals surface area (Å²) in [5.74, 6) is 0.896. The van der Waals surface area contributed by atoms with Gasteiger partial charge in [0.05, 0.1) is 0 Å². The average molecular weight is 153 g/mol. The summed E-state index contributed by atoms with van der Waals surface area (Å²) in [7, 11) is 0. The molecule has 1 nitrogen and oxygen atoms in total. The molecule has 2 rings (SSSR count). The molecule has 64 valence electrons. The monoisotopic (exact) mass is 153 g/mol. The normalized spacial score (nSPS) is 42.8. The molecule has 0 amide bonds. The topological polar surface area (TPSA) is 3.24 Å². The molecule has 0 N–H and O–H groups in total. The summed E-state index contributed by atoms with van der Waals surface area (Å²) in [6.07, 6.45) is 2.87. The Morgan fingerprint density at radius 1 is 1.36 bits per heavy atom. The van der Waals surface area contributed by atoms with Gasteiger partial charge in [0.1, 0.15) is 0 Å². The van der Waals surface area contributed by atoms with E-state index in [4.69, 9.17) is 0 Å². The van der Waals surface area contributed by atoms with Gasteiger partial charge in [-0.15, -0.1) is 0 Å². The molecule has 0 aromatic heterocycles. The minimum absolute atomic E-state index is 0.580. The summed E-state index contributed by atoms with van der Waals surface area (Å²) >= 11 is 0. The Morgan fingerprint density at radius 2 is 2.09 bits per heavy atom. The molecule has 0 aromatic rings. The second-order valence-electron chi connectivity index (χ2n) is 4.88. The number of hydrogen-bond donors (Lipinski definition) is 0. The molecule has 2 atom stereocenters. The van der Waals surface area contributed by atoms with E-state index in [1.54, 1.807) is 0 Å². The maximum atomic E-state index is 2.69. The van der Waals surface area contributed by atoms with Crippen molar-refractivity contribution in [2.75, 3.05) is 13.1 Å². The lowest BCUT2D eigenvalue weighted by atomic mass is 9.77. The van der Waals surface area contributed by atoms with Gasteiger partial charge in [0, 0.05) is 12.6 Å². The lowest BCUT2D eigenvalue weighted by Gasteiger charge is -2.29. The van der Waals surface area contributed by atoms with Gasteiger partial charge in [-0.1, -0.05) is 20.8 Å². The van der Waals surface area contributed by atoms with Crippen LogP contribution in [-0.2, 0) is 0 Å². The molecule has 11 heavy (non-hydrogen) atoms. The van der Waals surface area contributed by atoms with Crippen molar-refractivity contribution in [2.45, 2.75) is 39.7 Å². The van der Waals surface area contributed by atoms with Crippen LogP contribution in [-0.4, -0.2) is 24.0 Å². The van der Waals surface area contributed by atoms with Crippen molar-refractivity contribution < 1.29 is 0 Å². The van der Waals surface area contributed by atoms with E-state index in [0.717, 1.165) is 12.0 Å². The lowest BCUT2D eigenvalue weighted by Crippen LogP contribution is -2.31. The van der Waals surface area contributed by atoms with E-state index in [0.29, 0.717) is 5.41 Å². The van der Waals surface area contributed by atoms with Gasteiger partial charge < -0.3 is 0 Å². The fourth-order valence-electron chi connectivity index (χ4n) is 2.80. The number of rotatable bonds is 0. The van der Waals surface area contributed by atoms with E-state index in [1.807, 2.05) is 0 Å². The molecule has 2 saturated heterocycles. The standard InChI is InChI=1S/C10H19N/c1-8-7-11-6-4-5-9(11)10(8,2)3/h8-9H,4-7H2,1-3H3/t8-,9-/m1/s1. The first-order chi connectivity index (χ1) is 5.12. The molecule has 2 fully saturated rings. The van der Waals surface area contributed by atoms with Gasteiger partial charge >= 0.3 is 0 Å². The van der Waals surface area contributed by atoms with E-state index >= 15 is 0 Å². The molecule has 0 aliphatic carbocycles. The lowest BCUT2D eigenvalue weighted by molar-refractivity contribution is 0.210. The van der Waals surface area contributed by atoms with Crippen LogP contribution in [0.25, 0.3) is 0 Å². The van der Waals surface area contributed by atoms with E-state index in [9.17, 15) is 0 Å². The Kier molecular flexibility index (Phi) is 1.54. The highest BCUT2D eigenvalue weighted by Crippen LogP contribution is 2.45. The Morgan fingerprint density at radius 3 is 2.73 bits per heavy atom. The third kappa shape index (κ3) is 0.936. The van der Waals surface area contributed by atoms with Gasteiger partial charge in [0.15, 0.2) is 0 Å².